The van der Waals surface area contributed by atoms with Crippen LogP contribution in [0.5, 0.6) is 0 Å². The molecule has 0 saturated heterocycles. The molecule has 1 atom stereocenters. The van der Waals surface area contributed by atoms with E-state index in [0.29, 0.717) is 6.04 Å². The van der Waals surface area contributed by atoms with Crippen molar-refractivity contribution in [3.63, 3.8) is 0 Å². The van der Waals surface area contributed by atoms with Gasteiger partial charge in [0, 0.05) is 13.1 Å². The maximum atomic E-state index is 4.46. The summed E-state index contributed by atoms with van der Waals surface area (Å²) in [6.07, 6.45) is 4.97. The van der Waals surface area contributed by atoms with Crippen LogP contribution in [0.2, 0.25) is 0 Å². The quantitative estimate of drug-likeness (QED) is 0.765. The molecular weight excluding hydrogens is 222 g/mol. The molecule has 1 aromatic heterocycles. The van der Waals surface area contributed by atoms with Gasteiger partial charge in [0.05, 0.1) is 11.4 Å². The minimum atomic E-state index is 0.454. The lowest BCUT2D eigenvalue weighted by molar-refractivity contribution is 0.429. The Morgan fingerprint density at radius 2 is 2.06 bits per heavy atom. The molecule has 1 unspecified atom stereocenters. The van der Waals surface area contributed by atoms with Crippen molar-refractivity contribution in [1.82, 2.24) is 15.1 Å². The Morgan fingerprint density at radius 3 is 2.56 bits per heavy atom. The summed E-state index contributed by atoms with van der Waals surface area (Å²) in [5, 5.41) is 8.11. The molecule has 1 rings (SSSR count). The van der Waals surface area contributed by atoms with Crippen molar-refractivity contribution >= 4 is 0 Å². The van der Waals surface area contributed by atoms with Gasteiger partial charge in [-0.05, 0) is 38.3 Å². The van der Waals surface area contributed by atoms with E-state index < -0.39 is 0 Å². The highest BCUT2D eigenvalue weighted by Gasteiger charge is 2.15. The number of hydrogen-bond donors (Lipinski definition) is 1. The molecule has 0 aromatic carbocycles. The number of rotatable bonds is 8. The van der Waals surface area contributed by atoms with Crippen molar-refractivity contribution in [2.24, 2.45) is 13.0 Å². The Kier molecular flexibility index (Phi) is 6.41. The fourth-order valence-electron chi connectivity index (χ4n) is 2.36. The average Bonchev–Trinajstić information content (AvgIpc) is 2.62. The largest absolute Gasteiger partial charge is 0.309 e. The Bertz CT molecular complexity index is 342. The van der Waals surface area contributed by atoms with Crippen LogP contribution >= 0.6 is 0 Å². The van der Waals surface area contributed by atoms with Crippen LogP contribution in [0.1, 0.15) is 63.9 Å². The van der Waals surface area contributed by atoms with E-state index in [2.05, 4.69) is 44.2 Å². The monoisotopic (exact) mass is 251 g/mol. The standard InChI is InChI=1S/C15H29N3/c1-6-10-16-14(9-7-8-12(2)3)15-11-13(4)17-18(15)5/h11-12,14,16H,6-10H2,1-5H3. The van der Waals surface area contributed by atoms with Gasteiger partial charge < -0.3 is 5.32 Å². The van der Waals surface area contributed by atoms with Gasteiger partial charge in [-0.2, -0.15) is 5.10 Å². The molecule has 104 valence electrons. The summed E-state index contributed by atoms with van der Waals surface area (Å²) < 4.78 is 2.03. The van der Waals surface area contributed by atoms with Gasteiger partial charge in [0.15, 0.2) is 0 Å². The molecule has 0 aliphatic rings. The van der Waals surface area contributed by atoms with E-state index in [-0.39, 0.29) is 0 Å². The third-order valence-electron chi connectivity index (χ3n) is 3.31. The van der Waals surface area contributed by atoms with Crippen molar-refractivity contribution in [1.29, 1.82) is 0 Å². The summed E-state index contributed by atoms with van der Waals surface area (Å²) >= 11 is 0. The topological polar surface area (TPSA) is 29.9 Å². The SMILES string of the molecule is CCCNC(CCCC(C)C)c1cc(C)nn1C. The Balaban J connectivity index is 2.62. The highest BCUT2D eigenvalue weighted by atomic mass is 15.3. The fraction of sp³-hybridized carbons (Fsp3) is 0.800. The Hall–Kier alpha value is -0.830. The second-order valence-electron chi connectivity index (χ2n) is 5.67. The van der Waals surface area contributed by atoms with Crippen molar-refractivity contribution in [3.8, 4) is 0 Å². The summed E-state index contributed by atoms with van der Waals surface area (Å²) in [6, 6.07) is 2.66. The molecule has 0 aliphatic carbocycles. The van der Waals surface area contributed by atoms with Gasteiger partial charge in [-0.15, -0.1) is 0 Å². The van der Waals surface area contributed by atoms with Gasteiger partial charge >= 0.3 is 0 Å². The van der Waals surface area contributed by atoms with E-state index >= 15 is 0 Å². The predicted octanol–water partition coefficient (Wildman–Crippen LogP) is 3.60. The van der Waals surface area contributed by atoms with Crippen molar-refractivity contribution in [2.75, 3.05) is 6.54 Å². The van der Waals surface area contributed by atoms with E-state index in [1.807, 2.05) is 11.7 Å². The van der Waals surface area contributed by atoms with E-state index in [9.17, 15) is 0 Å². The zero-order valence-electron chi connectivity index (χ0n) is 12.7. The maximum Gasteiger partial charge on any atom is 0.0597 e. The van der Waals surface area contributed by atoms with Crippen LogP contribution in [0.25, 0.3) is 0 Å². The van der Waals surface area contributed by atoms with Crippen molar-refractivity contribution in [3.05, 3.63) is 17.5 Å². The molecule has 1 aromatic rings. The molecule has 0 amide bonds. The lowest BCUT2D eigenvalue weighted by Crippen LogP contribution is -2.24. The van der Waals surface area contributed by atoms with Gasteiger partial charge in [0.1, 0.15) is 0 Å². The average molecular weight is 251 g/mol. The second kappa shape index (κ2) is 7.57. The Morgan fingerprint density at radius 1 is 1.33 bits per heavy atom. The van der Waals surface area contributed by atoms with E-state index in [1.165, 1.54) is 31.4 Å². The molecule has 3 nitrogen and oxygen atoms in total. The third kappa shape index (κ3) is 4.81. The Labute approximate surface area is 112 Å². The molecule has 0 bridgehead atoms. The number of hydrogen-bond acceptors (Lipinski definition) is 2. The van der Waals surface area contributed by atoms with Gasteiger partial charge in [-0.3, -0.25) is 4.68 Å². The summed E-state index contributed by atoms with van der Waals surface area (Å²) in [5.74, 6) is 0.796. The first-order valence-electron chi connectivity index (χ1n) is 7.28. The minimum Gasteiger partial charge on any atom is -0.309 e. The van der Waals surface area contributed by atoms with Crippen LogP contribution in [0, 0.1) is 12.8 Å². The van der Waals surface area contributed by atoms with Crippen LogP contribution in [0.15, 0.2) is 6.07 Å². The summed E-state index contributed by atoms with van der Waals surface area (Å²) in [7, 11) is 2.05. The number of nitrogens with zero attached hydrogens (tertiary/aromatic N) is 2. The second-order valence-corrected chi connectivity index (χ2v) is 5.67. The van der Waals surface area contributed by atoms with Gasteiger partial charge in [-0.25, -0.2) is 0 Å². The molecule has 0 aliphatic heterocycles. The molecule has 1 heterocycles. The van der Waals surface area contributed by atoms with Crippen LogP contribution in [0.4, 0.5) is 0 Å². The van der Waals surface area contributed by atoms with E-state index in [4.69, 9.17) is 0 Å². The first kappa shape index (κ1) is 15.2. The maximum absolute atomic E-state index is 4.46. The zero-order valence-corrected chi connectivity index (χ0v) is 12.7. The van der Waals surface area contributed by atoms with Gasteiger partial charge in [0.25, 0.3) is 0 Å². The molecule has 1 N–H and O–H groups in total. The fourth-order valence-corrected chi connectivity index (χ4v) is 2.36. The zero-order chi connectivity index (χ0) is 13.5. The van der Waals surface area contributed by atoms with E-state index in [1.54, 1.807) is 0 Å². The molecule has 0 saturated carbocycles. The molecular formula is C15H29N3. The smallest absolute Gasteiger partial charge is 0.0597 e. The molecule has 3 heteroatoms. The van der Waals surface area contributed by atoms with Crippen LogP contribution in [-0.2, 0) is 7.05 Å². The first-order valence-corrected chi connectivity index (χ1v) is 7.28. The predicted molar refractivity (Wildman–Crippen MR) is 77.7 cm³/mol. The van der Waals surface area contributed by atoms with E-state index in [0.717, 1.165) is 18.2 Å². The normalized spacial score (nSPS) is 13.2. The summed E-state index contributed by atoms with van der Waals surface area (Å²) in [5.41, 5.74) is 2.43. The van der Waals surface area contributed by atoms with Gasteiger partial charge in [0.2, 0.25) is 0 Å². The van der Waals surface area contributed by atoms with Crippen LogP contribution in [0.3, 0.4) is 0 Å². The van der Waals surface area contributed by atoms with Crippen LogP contribution < -0.4 is 5.32 Å². The molecule has 0 spiro atoms. The molecule has 18 heavy (non-hydrogen) atoms. The first-order chi connectivity index (χ1) is 8.54. The van der Waals surface area contributed by atoms with Crippen LogP contribution in [-0.4, -0.2) is 16.3 Å². The lowest BCUT2D eigenvalue weighted by Gasteiger charge is -2.19. The highest BCUT2D eigenvalue weighted by Crippen LogP contribution is 2.21. The number of aryl methyl sites for hydroxylation is 2. The van der Waals surface area contributed by atoms with Gasteiger partial charge in [-0.1, -0.05) is 33.6 Å². The van der Waals surface area contributed by atoms with Crippen molar-refractivity contribution < 1.29 is 0 Å². The number of aromatic nitrogens is 2. The van der Waals surface area contributed by atoms with Crippen molar-refractivity contribution in [2.45, 2.75) is 59.4 Å². The molecule has 0 fully saturated rings. The number of nitrogens with one attached hydrogen (secondary N) is 1. The summed E-state index contributed by atoms with van der Waals surface area (Å²) in [6.45, 7) is 9.95. The summed E-state index contributed by atoms with van der Waals surface area (Å²) in [4.78, 5) is 0. The third-order valence-corrected chi connectivity index (χ3v) is 3.31. The highest BCUT2D eigenvalue weighted by molar-refractivity contribution is 5.13. The lowest BCUT2D eigenvalue weighted by atomic mass is 10.0. The minimum absolute atomic E-state index is 0.454. The molecule has 0 radical (unpaired) electrons.